The number of benzene rings is 3. The van der Waals surface area contributed by atoms with Gasteiger partial charge in [0.05, 0.1) is 22.1 Å². The first-order valence-corrected chi connectivity index (χ1v) is 13.1. The molecule has 9 heteroatoms. The van der Waals surface area contributed by atoms with Gasteiger partial charge in [0.1, 0.15) is 0 Å². The largest absolute Gasteiger partial charge is 0.348 e. The molecule has 4 rings (SSSR count). The second kappa shape index (κ2) is 11.0. The molecule has 0 aliphatic carbocycles. The molecule has 0 spiro atoms. The van der Waals surface area contributed by atoms with E-state index in [1.54, 1.807) is 24.3 Å². The molecule has 3 aromatic carbocycles. The van der Waals surface area contributed by atoms with Gasteiger partial charge in [-0.3, -0.25) is 9.59 Å². The van der Waals surface area contributed by atoms with E-state index in [2.05, 4.69) is 10.6 Å². The summed E-state index contributed by atoms with van der Waals surface area (Å²) >= 11 is 5.89. The van der Waals surface area contributed by atoms with Crippen LogP contribution in [0, 0.1) is 5.92 Å². The van der Waals surface area contributed by atoms with Crippen LogP contribution in [0.2, 0.25) is 5.02 Å². The number of hydrogen-bond acceptors (Lipinski definition) is 4. The summed E-state index contributed by atoms with van der Waals surface area (Å²) in [4.78, 5) is 26.0. The molecule has 1 aliphatic heterocycles. The van der Waals surface area contributed by atoms with E-state index in [1.165, 1.54) is 28.6 Å². The SMILES string of the molecule is O=C(NCc1ccccc1)c1ccccc1NC(=O)[C@@H]1CCCN(S(=O)(=O)c2ccc(Cl)cc2)C1. The maximum absolute atomic E-state index is 13.1. The van der Waals surface area contributed by atoms with Crippen molar-refractivity contribution in [1.29, 1.82) is 0 Å². The van der Waals surface area contributed by atoms with Crippen molar-refractivity contribution in [3.63, 3.8) is 0 Å². The average Bonchev–Trinajstić information content (AvgIpc) is 2.88. The Morgan fingerprint density at radius 1 is 0.943 bits per heavy atom. The van der Waals surface area contributed by atoms with E-state index in [-0.39, 0.29) is 23.3 Å². The average molecular weight is 512 g/mol. The summed E-state index contributed by atoms with van der Waals surface area (Å²) in [5.74, 6) is -1.16. The molecule has 1 saturated heterocycles. The highest BCUT2D eigenvalue weighted by atomic mass is 35.5. The summed E-state index contributed by atoms with van der Waals surface area (Å²) in [5.41, 5.74) is 1.70. The van der Waals surface area contributed by atoms with Crippen LogP contribution < -0.4 is 10.6 Å². The normalized spacial score (nSPS) is 16.4. The Morgan fingerprint density at radius 3 is 2.37 bits per heavy atom. The number of amides is 2. The third kappa shape index (κ3) is 6.08. The molecule has 2 amide bonds. The molecule has 1 aliphatic rings. The Labute approximate surface area is 210 Å². The molecule has 0 saturated carbocycles. The van der Waals surface area contributed by atoms with Gasteiger partial charge < -0.3 is 10.6 Å². The van der Waals surface area contributed by atoms with Gasteiger partial charge in [-0.05, 0) is 54.8 Å². The lowest BCUT2D eigenvalue weighted by atomic mass is 9.98. The van der Waals surface area contributed by atoms with Gasteiger partial charge in [0.25, 0.3) is 5.91 Å². The molecular formula is C26H26ClN3O4S. The molecule has 1 atom stereocenters. The lowest BCUT2D eigenvalue weighted by Gasteiger charge is -2.31. The summed E-state index contributed by atoms with van der Waals surface area (Å²) < 4.78 is 27.4. The zero-order valence-electron chi connectivity index (χ0n) is 19.0. The molecule has 2 N–H and O–H groups in total. The standard InChI is InChI=1S/C26H26ClN3O4S/c27-21-12-14-22(15-13-21)35(33,34)30-16-6-9-20(18-30)25(31)29-24-11-5-4-10-23(24)26(32)28-17-19-7-2-1-3-8-19/h1-5,7-8,10-15,20H,6,9,16-18H2,(H,28,32)(H,29,31)/t20-/m1/s1. The fourth-order valence-corrected chi connectivity index (χ4v) is 5.68. The van der Waals surface area contributed by atoms with Crippen LogP contribution in [0.3, 0.4) is 0 Å². The molecule has 35 heavy (non-hydrogen) atoms. The summed E-state index contributed by atoms with van der Waals surface area (Å²) in [7, 11) is -3.74. The highest BCUT2D eigenvalue weighted by molar-refractivity contribution is 7.89. The Bertz CT molecular complexity index is 1300. The topological polar surface area (TPSA) is 95.6 Å². The molecule has 182 valence electrons. The monoisotopic (exact) mass is 511 g/mol. The molecule has 1 fully saturated rings. The van der Waals surface area contributed by atoms with Crippen molar-refractivity contribution in [3.8, 4) is 0 Å². The van der Waals surface area contributed by atoms with Crippen molar-refractivity contribution in [2.24, 2.45) is 5.92 Å². The number of nitrogens with one attached hydrogen (secondary N) is 2. The molecule has 1 heterocycles. The number of para-hydroxylation sites is 1. The number of nitrogens with zero attached hydrogens (tertiary/aromatic N) is 1. The van der Waals surface area contributed by atoms with E-state index in [9.17, 15) is 18.0 Å². The fraction of sp³-hybridized carbons (Fsp3) is 0.231. The summed E-state index contributed by atoms with van der Waals surface area (Å²) in [6.45, 7) is 0.772. The first-order valence-electron chi connectivity index (χ1n) is 11.3. The molecule has 0 aromatic heterocycles. The number of piperidine rings is 1. The van der Waals surface area contributed by atoms with Crippen molar-refractivity contribution >= 4 is 39.1 Å². The van der Waals surface area contributed by atoms with Crippen molar-refractivity contribution in [2.45, 2.75) is 24.3 Å². The lowest BCUT2D eigenvalue weighted by molar-refractivity contribution is -0.120. The highest BCUT2D eigenvalue weighted by Gasteiger charge is 2.33. The van der Waals surface area contributed by atoms with Gasteiger partial charge in [-0.25, -0.2) is 8.42 Å². The van der Waals surface area contributed by atoms with Crippen LogP contribution in [0.15, 0.2) is 83.8 Å². The molecule has 7 nitrogen and oxygen atoms in total. The van der Waals surface area contributed by atoms with Crippen LogP contribution in [0.1, 0.15) is 28.8 Å². The van der Waals surface area contributed by atoms with Crippen LogP contribution in [-0.2, 0) is 21.4 Å². The lowest BCUT2D eigenvalue weighted by Crippen LogP contribution is -2.43. The van der Waals surface area contributed by atoms with E-state index >= 15 is 0 Å². The Hall–Kier alpha value is -3.20. The Balaban J connectivity index is 1.43. The minimum Gasteiger partial charge on any atom is -0.348 e. The van der Waals surface area contributed by atoms with Crippen molar-refractivity contribution in [2.75, 3.05) is 18.4 Å². The first kappa shape index (κ1) is 24.9. The number of sulfonamides is 1. The van der Waals surface area contributed by atoms with E-state index in [4.69, 9.17) is 11.6 Å². The van der Waals surface area contributed by atoms with Crippen molar-refractivity contribution in [1.82, 2.24) is 9.62 Å². The maximum atomic E-state index is 13.1. The molecule has 0 radical (unpaired) electrons. The van der Waals surface area contributed by atoms with Crippen LogP contribution in [-0.4, -0.2) is 37.6 Å². The number of carbonyl (C=O) groups excluding carboxylic acids is 2. The van der Waals surface area contributed by atoms with Gasteiger partial charge in [-0.15, -0.1) is 0 Å². The van der Waals surface area contributed by atoms with Gasteiger partial charge in [0.2, 0.25) is 15.9 Å². The van der Waals surface area contributed by atoms with Crippen LogP contribution in [0.5, 0.6) is 0 Å². The number of carbonyl (C=O) groups is 2. The van der Waals surface area contributed by atoms with E-state index < -0.39 is 15.9 Å². The van der Waals surface area contributed by atoms with Gasteiger partial charge >= 0.3 is 0 Å². The van der Waals surface area contributed by atoms with Crippen molar-refractivity contribution < 1.29 is 18.0 Å². The van der Waals surface area contributed by atoms with Crippen LogP contribution in [0.25, 0.3) is 0 Å². The smallest absolute Gasteiger partial charge is 0.253 e. The second-order valence-electron chi connectivity index (χ2n) is 8.36. The first-order chi connectivity index (χ1) is 16.8. The number of hydrogen-bond donors (Lipinski definition) is 2. The van der Waals surface area contributed by atoms with Gasteiger partial charge in [0, 0.05) is 24.7 Å². The van der Waals surface area contributed by atoms with Crippen molar-refractivity contribution in [3.05, 3.63) is 95.0 Å². The molecule has 0 bridgehead atoms. The zero-order chi connectivity index (χ0) is 24.8. The third-order valence-electron chi connectivity index (χ3n) is 5.93. The minimum atomic E-state index is -3.74. The quantitative estimate of drug-likeness (QED) is 0.494. The number of halogens is 1. The number of rotatable bonds is 7. The van der Waals surface area contributed by atoms with Gasteiger partial charge in [-0.2, -0.15) is 4.31 Å². The van der Waals surface area contributed by atoms with Gasteiger partial charge in [0.15, 0.2) is 0 Å². The molecular weight excluding hydrogens is 486 g/mol. The second-order valence-corrected chi connectivity index (χ2v) is 10.7. The molecule has 3 aromatic rings. The third-order valence-corrected chi connectivity index (χ3v) is 8.06. The maximum Gasteiger partial charge on any atom is 0.253 e. The van der Waals surface area contributed by atoms with Crippen LogP contribution in [0.4, 0.5) is 5.69 Å². The highest BCUT2D eigenvalue weighted by Crippen LogP contribution is 2.26. The Kier molecular flexibility index (Phi) is 7.85. The minimum absolute atomic E-state index is 0.0686. The molecule has 0 unspecified atom stereocenters. The van der Waals surface area contributed by atoms with E-state index in [0.29, 0.717) is 42.2 Å². The fourth-order valence-electron chi connectivity index (χ4n) is 4.03. The summed E-state index contributed by atoms with van der Waals surface area (Å²) in [5, 5.41) is 6.16. The van der Waals surface area contributed by atoms with Gasteiger partial charge in [-0.1, -0.05) is 54.1 Å². The summed E-state index contributed by atoms with van der Waals surface area (Å²) in [6, 6.07) is 22.3. The van der Waals surface area contributed by atoms with E-state index in [1.807, 2.05) is 30.3 Å². The zero-order valence-corrected chi connectivity index (χ0v) is 20.6. The predicted molar refractivity (Wildman–Crippen MR) is 136 cm³/mol. The van der Waals surface area contributed by atoms with Crippen LogP contribution >= 0.6 is 11.6 Å². The van der Waals surface area contributed by atoms with E-state index in [0.717, 1.165) is 5.56 Å². The number of anilines is 1. The predicted octanol–water partition coefficient (Wildman–Crippen LogP) is 4.31. The summed E-state index contributed by atoms with van der Waals surface area (Å²) in [6.07, 6.45) is 1.12. The Morgan fingerprint density at radius 2 is 1.63 bits per heavy atom.